The summed E-state index contributed by atoms with van der Waals surface area (Å²) in [4.78, 5) is 28.5. The first kappa shape index (κ1) is 34.0. The summed E-state index contributed by atoms with van der Waals surface area (Å²) < 4.78 is 59.3. The first-order valence-electron chi connectivity index (χ1n) is 16.7. The summed E-state index contributed by atoms with van der Waals surface area (Å²) in [5, 5.41) is -0.206. The zero-order valence-electron chi connectivity index (χ0n) is 27.6. The van der Waals surface area contributed by atoms with Crippen LogP contribution in [0, 0.1) is 11.2 Å². The van der Waals surface area contributed by atoms with Gasteiger partial charge in [-0.3, -0.25) is 4.79 Å². The number of piperidine rings is 1. The van der Waals surface area contributed by atoms with Gasteiger partial charge in [0.15, 0.2) is 11.6 Å². The van der Waals surface area contributed by atoms with E-state index in [0.29, 0.717) is 31.3 Å². The van der Waals surface area contributed by atoms with Crippen molar-refractivity contribution in [3.8, 4) is 11.5 Å². The number of likely N-dealkylation sites (tertiary alicyclic amines) is 1. The Balaban J connectivity index is 1.02. The molecule has 1 aromatic heterocycles. The summed E-state index contributed by atoms with van der Waals surface area (Å²) in [5.74, 6) is 0.457. The van der Waals surface area contributed by atoms with Crippen LogP contribution in [0.1, 0.15) is 62.7 Å². The van der Waals surface area contributed by atoms with Gasteiger partial charge in [-0.05, 0) is 83.7 Å². The highest BCUT2D eigenvalue weighted by Crippen LogP contribution is 2.45. The molecule has 4 aliphatic rings. The summed E-state index contributed by atoms with van der Waals surface area (Å²) in [6.07, 6.45) is 8.52. The molecule has 1 N–H and O–H groups in total. The van der Waals surface area contributed by atoms with Crippen LogP contribution in [-0.4, -0.2) is 117 Å². The van der Waals surface area contributed by atoms with Crippen LogP contribution in [0.5, 0.6) is 11.5 Å². The lowest BCUT2D eigenvalue weighted by Crippen LogP contribution is -2.61. The number of carbonyl (C=O) groups excluding carboxylic acids is 1. The van der Waals surface area contributed by atoms with E-state index in [9.17, 15) is 17.6 Å². The lowest BCUT2D eigenvalue weighted by atomic mass is 9.72. The Morgan fingerprint density at radius 1 is 1.17 bits per heavy atom. The van der Waals surface area contributed by atoms with Gasteiger partial charge in [0, 0.05) is 50.8 Å². The molecule has 0 bridgehead atoms. The molecule has 1 amide bonds. The van der Waals surface area contributed by atoms with Crippen LogP contribution in [0.4, 0.5) is 10.2 Å². The van der Waals surface area contributed by atoms with Crippen molar-refractivity contribution in [2.24, 2.45) is 5.41 Å². The fourth-order valence-electron chi connectivity index (χ4n) is 6.91. The maximum Gasteiger partial charge on any atom is 0.258 e. The lowest BCUT2D eigenvalue weighted by Gasteiger charge is -2.54. The van der Waals surface area contributed by atoms with Crippen LogP contribution < -0.4 is 14.4 Å². The van der Waals surface area contributed by atoms with Crippen molar-refractivity contribution < 1.29 is 31.8 Å². The van der Waals surface area contributed by atoms with Crippen molar-refractivity contribution in [1.29, 1.82) is 0 Å². The predicted molar refractivity (Wildman–Crippen MR) is 175 cm³/mol. The Labute approximate surface area is 277 Å². The molecule has 2 atom stereocenters. The molecule has 258 valence electrons. The monoisotopic (exact) mass is 674 g/mol. The highest BCUT2D eigenvalue weighted by Gasteiger charge is 2.46. The van der Waals surface area contributed by atoms with E-state index in [-0.39, 0.29) is 46.1 Å². The fourth-order valence-corrected chi connectivity index (χ4v) is 8.51. The number of benzene rings is 1. The van der Waals surface area contributed by atoms with Gasteiger partial charge < -0.3 is 28.9 Å². The molecule has 47 heavy (non-hydrogen) atoms. The number of halogens is 1. The largest absolute Gasteiger partial charge is 0.451 e. The van der Waals surface area contributed by atoms with Crippen molar-refractivity contribution in [3.63, 3.8) is 0 Å². The third-order valence-electron chi connectivity index (χ3n) is 9.87. The molecule has 1 aliphatic carbocycles. The van der Waals surface area contributed by atoms with E-state index in [1.165, 1.54) is 24.5 Å². The van der Waals surface area contributed by atoms with Crippen LogP contribution in [-0.2, 0) is 19.5 Å². The second kappa shape index (κ2) is 14.3. The van der Waals surface area contributed by atoms with Gasteiger partial charge in [0.05, 0.1) is 36.3 Å². The topological polar surface area (TPSA) is 126 Å². The van der Waals surface area contributed by atoms with Gasteiger partial charge in [-0.25, -0.2) is 27.5 Å². The van der Waals surface area contributed by atoms with Gasteiger partial charge in [0.1, 0.15) is 17.9 Å². The zero-order chi connectivity index (χ0) is 33.2. The number of anilines is 1. The molecule has 12 nitrogen and oxygen atoms in total. The molecular formula is C33H47FN6O6S. The first-order chi connectivity index (χ1) is 22.6. The Kier molecular flexibility index (Phi) is 10.3. The average molecular weight is 675 g/mol. The number of ether oxygens (including phenoxy) is 3. The molecule has 0 unspecified atom stereocenters. The number of aromatic nitrogens is 2. The molecule has 2 aromatic rings. The summed E-state index contributed by atoms with van der Waals surface area (Å²) >= 11 is 0. The van der Waals surface area contributed by atoms with Gasteiger partial charge >= 0.3 is 0 Å². The van der Waals surface area contributed by atoms with E-state index in [4.69, 9.17) is 14.2 Å². The SMILES string of the molecule is COCCN(C(=O)c1cc(F)ccc1Oc1cncnc1N1CC2(CCN(C[C@@H]3CC[C@@H](NS(=O)(=O)C4CC4)CO3)CC2)C1)C(C)C. The number of amides is 1. The molecule has 3 saturated heterocycles. The van der Waals surface area contributed by atoms with Crippen LogP contribution in [0.25, 0.3) is 0 Å². The van der Waals surface area contributed by atoms with E-state index in [1.807, 2.05) is 13.8 Å². The number of nitrogens with zero attached hydrogens (tertiary/aromatic N) is 5. The normalized spacial score (nSPS) is 23.1. The van der Waals surface area contributed by atoms with Gasteiger partial charge in [-0.2, -0.15) is 0 Å². The number of hydrogen-bond acceptors (Lipinski definition) is 10. The molecule has 1 aromatic carbocycles. The quantitative estimate of drug-likeness (QED) is 0.338. The second-order valence-electron chi connectivity index (χ2n) is 13.8. The van der Waals surface area contributed by atoms with E-state index >= 15 is 0 Å². The highest BCUT2D eigenvalue weighted by molar-refractivity contribution is 7.90. The number of rotatable bonds is 13. The molecule has 4 fully saturated rings. The molecule has 14 heteroatoms. The van der Waals surface area contributed by atoms with Crippen molar-refractivity contribution in [2.75, 3.05) is 64.5 Å². The van der Waals surface area contributed by atoms with Crippen LogP contribution in [0.3, 0.4) is 0 Å². The maximum absolute atomic E-state index is 14.4. The third-order valence-corrected chi connectivity index (χ3v) is 11.9. The number of hydrogen-bond donors (Lipinski definition) is 1. The van der Waals surface area contributed by atoms with Gasteiger partial charge in [0.2, 0.25) is 10.0 Å². The summed E-state index contributed by atoms with van der Waals surface area (Å²) in [5.41, 5.74) is 0.322. The fraction of sp³-hybridized carbons (Fsp3) is 0.667. The smallest absolute Gasteiger partial charge is 0.258 e. The first-order valence-corrected chi connectivity index (χ1v) is 18.3. The molecule has 4 heterocycles. The van der Waals surface area contributed by atoms with Gasteiger partial charge in [-0.1, -0.05) is 0 Å². The van der Waals surface area contributed by atoms with Crippen molar-refractivity contribution in [1.82, 2.24) is 24.5 Å². The van der Waals surface area contributed by atoms with Crippen LogP contribution in [0.15, 0.2) is 30.7 Å². The third kappa shape index (κ3) is 8.05. The molecular weight excluding hydrogens is 627 g/mol. The average Bonchev–Trinajstić information content (AvgIpc) is 3.89. The molecule has 1 spiro atoms. The minimum Gasteiger partial charge on any atom is -0.451 e. The minimum absolute atomic E-state index is 0.115. The van der Waals surface area contributed by atoms with Gasteiger partial charge in [0.25, 0.3) is 5.91 Å². The number of carbonyl (C=O) groups is 1. The number of methoxy groups -OCH3 is 1. The van der Waals surface area contributed by atoms with E-state index < -0.39 is 15.8 Å². The van der Waals surface area contributed by atoms with E-state index in [1.54, 1.807) is 18.2 Å². The Hall–Kier alpha value is -2.91. The Morgan fingerprint density at radius 2 is 1.94 bits per heavy atom. The molecule has 0 radical (unpaired) electrons. The number of nitrogens with one attached hydrogen (secondary N) is 1. The molecule has 3 aliphatic heterocycles. The van der Waals surface area contributed by atoms with Crippen LogP contribution in [0.2, 0.25) is 0 Å². The standard InChI is InChI=1S/C33H47FN6O6S/c1-23(2)40(14-15-44-3)32(41)28-16-24(34)4-9-29(28)46-30-17-35-22-36-31(30)39-20-33(21-39)10-12-38(13-11-33)18-26-6-5-25(19-45-26)37-47(42,43)27-7-8-27/h4,9,16-17,22-23,25-27,37H,5-8,10-15,18-21H2,1-3H3/t25-,26+/m1/s1. The van der Waals surface area contributed by atoms with Crippen LogP contribution >= 0.6 is 0 Å². The minimum atomic E-state index is -3.19. The van der Waals surface area contributed by atoms with E-state index in [2.05, 4.69) is 24.5 Å². The van der Waals surface area contributed by atoms with Gasteiger partial charge in [-0.15, -0.1) is 0 Å². The number of sulfonamides is 1. The predicted octanol–water partition coefficient (Wildman–Crippen LogP) is 3.44. The van der Waals surface area contributed by atoms with Crippen molar-refractivity contribution >= 4 is 21.7 Å². The van der Waals surface area contributed by atoms with Crippen molar-refractivity contribution in [3.05, 3.63) is 42.1 Å². The Morgan fingerprint density at radius 3 is 2.60 bits per heavy atom. The molecule has 6 rings (SSSR count). The Bertz CT molecular complexity index is 1500. The maximum atomic E-state index is 14.4. The summed E-state index contributed by atoms with van der Waals surface area (Å²) in [6.45, 7) is 9.48. The molecule has 1 saturated carbocycles. The van der Waals surface area contributed by atoms with Crippen molar-refractivity contribution in [2.45, 2.75) is 75.8 Å². The second-order valence-corrected chi connectivity index (χ2v) is 15.8. The van der Waals surface area contributed by atoms with E-state index in [0.717, 1.165) is 71.2 Å². The highest BCUT2D eigenvalue weighted by atomic mass is 32.2. The summed E-state index contributed by atoms with van der Waals surface area (Å²) in [7, 11) is -1.62. The lowest BCUT2D eigenvalue weighted by molar-refractivity contribution is -0.0299. The summed E-state index contributed by atoms with van der Waals surface area (Å²) in [6, 6.07) is 3.73. The zero-order valence-corrected chi connectivity index (χ0v) is 28.4.